The quantitative estimate of drug-likeness (QED) is 0.477. The topological polar surface area (TPSA) is 0 Å². The summed E-state index contributed by atoms with van der Waals surface area (Å²) in [6.07, 6.45) is 6.41. The van der Waals surface area contributed by atoms with Crippen molar-refractivity contribution in [2.75, 3.05) is 0 Å². The summed E-state index contributed by atoms with van der Waals surface area (Å²) in [5.41, 5.74) is 5.74. The van der Waals surface area contributed by atoms with Crippen LogP contribution in [-0.4, -0.2) is 0 Å². The van der Waals surface area contributed by atoms with Gasteiger partial charge in [0.25, 0.3) is 0 Å². The highest BCUT2D eigenvalue weighted by Crippen LogP contribution is 2.36. The second-order valence-electron chi connectivity index (χ2n) is 6.30. The van der Waals surface area contributed by atoms with E-state index in [0.717, 1.165) is 6.42 Å². The summed E-state index contributed by atoms with van der Waals surface area (Å²) in [4.78, 5) is 0. The Morgan fingerprint density at radius 2 is 1.82 bits per heavy atom. The summed E-state index contributed by atoms with van der Waals surface area (Å²) in [7, 11) is 0. The maximum atomic E-state index is 3.92. The van der Waals surface area contributed by atoms with Crippen LogP contribution in [0.15, 0.2) is 36.9 Å². The molecule has 0 bridgehead atoms. The lowest BCUT2D eigenvalue weighted by Gasteiger charge is -2.29. The summed E-state index contributed by atoms with van der Waals surface area (Å²) in [5.74, 6) is 0.596. The van der Waals surface area contributed by atoms with Crippen molar-refractivity contribution in [3.63, 3.8) is 0 Å². The van der Waals surface area contributed by atoms with Crippen LogP contribution in [0.5, 0.6) is 0 Å². The number of hydrogen-bond donors (Lipinski definition) is 0. The van der Waals surface area contributed by atoms with Crippen LogP contribution in [0.2, 0.25) is 0 Å². The molecule has 0 heterocycles. The maximum Gasteiger partial charge on any atom is -0.0103 e. The van der Waals surface area contributed by atoms with Crippen LogP contribution in [0, 0.1) is 0 Å². The molecule has 1 unspecified atom stereocenters. The van der Waals surface area contributed by atoms with Gasteiger partial charge in [0.15, 0.2) is 0 Å². The largest absolute Gasteiger partial charge is 0.0985 e. The molecule has 1 aromatic carbocycles. The SMILES string of the molecule is C=C/C(=C\C)c1ccc(C(C)(C)CC)c(C(C)CC)c1.CC. The normalized spacial score (nSPS) is 13.2. The molecule has 0 nitrogen and oxygen atoms in total. The first-order valence-corrected chi connectivity index (χ1v) is 8.84. The van der Waals surface area contributed by atoms with E-state index in [2.05, 4.69) is 72.4 Å². The predicted octanol–water partition coefficient (Wildman–Crippen LogP) is 7.50. The second kappa shape index (κ2) is 9.66. The summed E-state index contributed by atoms with van der Waals surface area (Å²) in [6.45, 7) is 21.6. The van der Waals surface area contributed by atoms with Crippen LogP contribution in [-0.2, 0) is 5.41 Å². The summed E-state index contributed by atoms with van der Waals surface area (Å²) in [6, 6.07) is 6.95. The molecule has 0 amide bonds. The van der Waals surface area contributed by atoms with Gasteiger partial charge in [-0.1, -0.05) is 85.4 Å². The fourth-order valence-electron chi connectivity index (χ4n) is 2.58. The minimum absolute atomic E-state index is 0.238. The molecule has 0 saturated heterocycles. The van der Waals surface area contributed by atoms with E-state index in [0.29, 0.717) is 5.92 Å². The average molecular weight is 301 g/mol. The molecule has 0 N–H and O–H groups in total. The van der Waals surface area contributed by atoms with E-state index in [9.17, 15) is 0 Å². The molecule has 22 heavy (non-hydrogen) atoms. The maximum absolute atomic E-state index is 3.92. The average Bonchev–Trinajstić information content (AvgIpc) is 2.56. The van der Waals surface area contributed by atoms with Crippen LogP contribution in [0.4, 0.5) is 0 Å². The fraction of sp³-hybridized carbons (Fsp3) is 0.545. The van der Waals surface area contributed by atoms with E-state index in [-0.39, 0.29) is 5.41 Å². The molecule has 0 spiro atoms. The zero-order valence-electron chi connectivity index (χ0n) is 16.1. The van der Waals surface area contributed by atoms with Crippen LogP contribution in [0.25, 0.3) is 5.57 Å². The highest BCUT2D eigenvalue weighted by molar-refractivity contribution is 5.74. The monoisotopic (exact) mass is 300 g/mol. The van der Waals surface area contributed by atoms with Crippen molar-refractivity contribution in [2.24, 2.45) is 0 Å². The van der Waals surface area contributed by atoms with Gasteiger partial charge in [-0.25, -0.2) is 0 Å². The Hall–Kier alpha value is -1.30. The zero-order valence-corrected chi connectivity index (χ0v) is 16.1. The van der Waals surface area contributed by atoms with E-state index < -0.39 is 0 Å². The van der Waals surface area contributed by atoms with Crippen LogP contribution < -0.4 is 0 Å². The highest BCUT2D eigenvalue weighted by atomic mass is 14.3. The summed E-state index contributed by atoms with van der Waals surface area (Å²) < 4.78 is 0. The predicted molar refractivity (Wildman–Crippen MR) is 104 cm³/mol. The highest BCUT2D eigenvalue weighted by Gasteiger charge is 2.23. The standard InChI is InChI=1S/C20H30.C2H6/c1-8-15(5)18-14-17(16(9-2)10-3)12-13-19(18)20(6,7)11-4;1-2/h9-10,12-15H,2,8,11H2,1,3-7H3;1-2H3/b16-10+;. The van der Waals surface area contributed by atoms with E-state index in [1.54, 1.807) is 0 Å². The van der Waals surface area contributed by atoms with Gasteiger partial charge in [-0.05, 0) is 53.4 Å². The first kappa shape index (κ1) is 20.7. The molecule has 0 aliphatic heterocycles. The number of hydrogen-bond acceptors (Lipinski definition) is 0. The summed E-state index contributed by atoms with van der Waals surface area (Å²) in [5, 5.41) is 0. The molecule has 0 heteroatoms. The third-order valence-corrected chi connectivity index (χ3v) is 4.67. The van der Waals surface area contributed by atoms with Crippen molar-refractivity contribution in [3.8, 4) is 0 Å². The van der Waals surface area contributed by atoms with Crippen molar-refractivity contribution in [1.82, 2.24) is 0 Å². The van der Waals surface area contributed by atoms with Crippen molar-refractivity contribution < 1.29 is 0 Å². The lowest BCUT2D eigenvalue weighted by Crippen LogP contribution is -2.19. The Bertz CT molecular complexity index is 489. The molecule has 1 rings (SSSR count). The van der Waals surface area contributed by atoms with Gasteiger partial charge in [0.05, 0.1) is 0 Å². The smallest absolute Gasteiger partial charge is 0.0103 e. The van der Waals surface area contributed by atoms with Gasteiger partial charge in [0, 0.05) is 0 Å². The number of allylic oxidation sites excluding steroid dienone is 3. The van der Waals surface area contributed by atoms with Gasteiger partial charge in [-0.3, -0.25) is 0 Å². The minimum atomic E-state index is 0.238. The van der Waals surface area contributed by atoms with Crippen molar-refractivity contribution in [3.05, 3.63) is 53.6 Å². The van der Waals surface area contributed by atoms with E-state index in [1.807, 2.05) is 19.9 Å². The summed E-state index contributed by atoms with van der Waals surface area (Å²) >= 11 is 0. The van der Waals surface area contributed by atoms with Crippen LogP contribution >= 0.6 is 0 Å². The lowest BCUT2D eigenvalue weighted by atomic mass is 9.76. The van der Waals surface area contributed by atoms with Crippen LogP contribution in [0.3, 0.4) is 0 Å². The van der Waals surface area contributed by atoms with Gasteiger partial charge in [-0.15, -0.1) is 0 Å². The third kappa shape index (κ3) is 4.87. The molecule has 0 aromatic heterocycles. The number of benzene rings is 1. The van der Waals surface area contributed by atoms with Gasteiger partial charge < -0.3 is 0 Å². The molecular formula is C22H36. The van der Waals surface area contributed by atoms with Crippen molar-refractivity contribution in [2.45, 2.75) is 79.6 Å². The second-order valence-corrected chi connectivity index (χ2v) is 6.30. The van der Waals surface area contributed by atoms with Gasteiger partial charge >= 0.3 is 0 Å². The Balaban J connectivity index is 0.00000211. The Morgan fingerprint density at radius 1 is 1.23 bits per heavy atom. The molecule has 1 aromatic rings. The van der Waals surface area contributed by atoms with E-state index >= 15 is 0 Å². The molecule has 0 aliphatic carbocycles. The van der Waals surface area contributed by atoms with E-state index in [4.69, 9.17) is 0 Å². The third-order valence-electron chi connectivity index (χ3n) is 4.67. The molecule has 1 atom stereocenters. The van der Waals surface area contributed by atoms with Gasteiger partial charge in [-0.2, -0.15) is 0 Å². The molecular weight excluding hydrogens is 264 g/mol. The van der Waals surface area contributed by atoms with Crippen LogP contribution in [0.1, 0.15) is 90.8 Å². The number of rotatable bonds is 6. The van der Waals surface area contributed by atoms with Gasteiger partial charge in [0.1, 0.15) is 0 Å². The zero-order chi connectivity index (χ0) is 17.3. The molecule has 0 fully saturated rings. The molecule has 0 saturated carbocycles. The molecule has 0 aliphatic rings. The van der Waals surface area contributed by atoms with Gasteiger partial charge in [0.2, 0.25) is 0 Å². The lowest BCUT2D eigenvalue weighted by molar-refractivity contribution is 0.495. The first-order valence-electron chi connectivity index (χ1n) is 8.84. The Labute approximate surface area is 139 Å². The van der Waals surface area contributed by atoms with Crippen molar-refractivity contribution in [1.29, 1.82) is 0 Å². The Kier molecular flexibility index (Phi) is 9.09. The Morgan fingerprint density at radius 3 is 2.23 bits per heavy atom. The van der Waals surface area contributed by atoms with E-state index in [1.165, 1.54) is 28.7 Å². The fourth-order valence-corrected chi connectivity index (χ4v) is 2.58. The van der Waals surface area contributed by atoms with Crippen molar-refractivity contribution >= 4 is 5.57 Å². The molecule has 0 radical (unpaired) electrons. The molecule has 124 valence electrons. The minimum Gasteiger partial charge on any atom is -0.0985 e. The first-order chi connectivity index (χ1) is 10.4.